The van der Waals surface area contributed by atoms with Gasteiger partial charge in [0.05, 0.1) is 5.25 Å². The van der Waals surface area contributed by atoms with Gasteiger partial charge < -0.3 is 9.88 Å². The Hall–Kier alpha value is -1.53. The molecule has 5 nitrogen and oxygen atoms in total. The summed E-state index contributed by atoms with van der Waals surface area (Å²) < 4.78 is 2.04. The van der Waals surface area contributed by atoms with Crippen molar-refractivity contribution in [3.63, 3.8) is 0 Å². The molecule has 1 aromatic carbocycles. The largest absolute Gasteiger partial charge is 0.355 e. The average molecular weight is 407 g/mol. The lowest BCUT2D eigenvalue weighted by molar-refractivity contribution is -0.120. The summed E-state index contributed by atoms with van der Waals surface area (Å²) in [6.45, 7) is 5.52. The van der Waals surface area contributed by atoms with Crippen molar-refractivity contribution < 1.29 is 4.79 Å². The van der Waals surface area contributed by atoms with E-state index in [0.29, 0.717) is 10.9 Å². The molecule has 0 spiro atoms. The van der Waals surface area contributed by atoms with E-state index < -0.39 is 0 Å². The number of thioether (sulfide) groups is 1. The summed E-state index contributed by atoms with van der Waals surface area (Å²) in [5, 5.41) is 13.0. The van der Waals surface area contributed by atoms with Crippen molar-refractivity contribution in [1.82, 2.24) is 20.1 Å². The van der Waals surface area contributed by atoms with Crippen molar-refractivity contribution in [2.24, 2.45) is 5.92 Å². The number of hydrogen-bond donors (Lipinski definition) is 1. The van der Waals surface area contributed by atoms with Crippen LogP contribution in [0.25, 0.3) is 11.4 Å². The molecule has 0 aliphatic heterocycles. The Kier molecular flexibility index (Phi) is 7.19. The molecule has 7 heteroatoms. The van der Waals surface area contributed by atoms with Crippen LogP contribution >= 0.6 is 23.4 Å². The van der Waals surface area contributed by atoms with Gasteiger partial charge in [-0.1, -0.05) is 42.6 Å². The summed E-state index contributed by atoms with van der Waals surface area (Å²) in [5.41, 5.74) is 0.968. The van der Waals surface area contributed by atoms with Gasteiger partial charge in [0.1, 0.15) is 0 Å². The first-order chi connectivity index (χ1) is 13.1. The molecule has 0 saturated heterocycles. The molecule has 1 N–H and O–H groups in total. The minimum Gasteiger partial charge on any atom is -0.355 e. The molecule has 146 valence electrons. The summed E-state index contributed by atoms with van der Waals surface area (Å²) in [6.07, 6.45) is 6.38. The van der Waals surface area contributed by atoms with E-state index in [-0.39, 0.29) is 11.2 Å². The highest BCUT2D eigenvalue weighted by molar-refractivity contribution is 8.00. The third kappa shape index (κ3) is 5.26. The number of carbonyl (C=O) groups excluding carboxylic acids is 1. The van der Waals surface area contributed by atoms with E-state index in [1.165, 1.54) is 43.9 Å². The summed E-state index contributed by atoms with van der Waals surface area (Å²) in [4.78, 5) is 12.5. The fourth-order valence-electron chi connectivity index (χ4n) is 3.47. The highest BCUT2D eigenvalue weighted by Gasteiger charge is 2.21. The third-order valence-electron chi connectivity index (χ3n) is 5.08. The molecular weight excluding hydrogens is 380 g/mol. The van der Waals surface area contributed by atoms with Crippen LogP contribution in [0.5, 0.6) is 0 Å². The van der Waals surface area contributed by atoms with Crippen molar-refractivity contribution >= 4 is 29.3 Å². The van der Waals surface area contributed by atoms with E-state index >= 15 is 0 Å². The number of hydrogen-bond acceptors (Lipinski definition) is 4. The molecule has 1 aliphatic carbocycles. The van der Waals surface area contributed by atoms with Crippen LogP contribution in [0.3, 0.4) is 0 Å². The Balaban J connectivity index is 1.62. The zero-order valence-corrected chi connectivity index (χ0v) is 17.5. The lowest BCUT2D eigenvalue weighted by Crippen LogP contribution is -2.35. The van der Waals surface area contributed by atoms with Crippen LogP contribution in [0.2, 0.25) is 5.02 Å². The van der Waals surface area contributed by atoms with E-state index in [1.54, 1.807) is 0 Å². The molecule has 1 unspecified atom stereocenters. The van der Waals surface area contributed by atoms with E-state index in [0.717, 1.165) is 29.6 Å². The van der Waals surface area contributed by atoms with Crippen LogP contribution in [-0.4, -0.2) is 32.5 Å². The number of nitrogens with zero attached hydrogens (tertiary/aromatic N) is 3. The molecule has 1 amide bonds. The van der Waals surface area contributed by atoms with Crippen molar-refractivity contribution in [1.29, 1.82) is 0 Å². The Bertz CT molecular complexity index is 756. The van der Waals surface area contributed by atoms with Crippen molar-refractivity contribution in [3.05, 3.63) is 29.3 Å². The fourth-order valence-corrected chi connectivity index (χ4v) is 4.53. The second-order valence-electron chi connectivity index (χ2n) is 7.07. The number of rotatable bonds is 7. The normalized spacial score (nSPS) is 16.3. The summed E-state index contributed by atoms with van der Waals surface area (Å²) in [7, 11) is 0. The minimum atomic E-state index is -0.207. The molecular formula is C20H27ClN4OS. The molecule has 1 fully saturated rings. The zero-order valence-electron chi connectivity index (χ0n) is 15.9. The van der Waals surface area contributed by atoms with Crippen LogP contribution in [-0.2, 0) is 11.3 Å². The molecule has 0 bridgehead atoms. The molecule has 2 aromatic rings. The molecule has 1 atom stereocenters. The van der Waals surface area contributed by atoms with E-state index in [1.807, 2.05) is 35.8 Å². The fraction of sp³-hybridized carbons (Fsp3) is 0.550. The van der Waals surface area contributed by atoms with Crippen LogP contribution in [0, 0.1) is 5.92 Å². The van der Waals surface area contributed by atoms with Gasteiger partial charge in [0.25, 0.3) is 0 Å². The van der Waals surface area contributed by atoms with Crippen LogP contribution < -0.4 is 5.32 Å². The third-order valence-corrected chi connectivity index (χ3v) is 6.41. The second kappa shape index (κ2) is 9.60. The van der Waals surface area contributed by atoms with E-state index in [9.17, 15) is 4.79 Å². The van der Waals surface area contributed by atoms with Crippen molar-refractivity contribution in [2.75, 3.05) is 6.54 Å². The number of carbonyl (C=O) groups is 1. The summed E-state index contributed by atoms with van der Waals surface area (Å²) in [6, 6.07) is 7.57. The Labute approximate surface area is 170 Å². The van der Waals surface area contributed by atoms with Crippen molar-refractivity contribution in [2.45, 2.75) is 62.9 Å². The number of aromatic nitrogens is 3. The number of benzene rings is 1. The SMILES string of the molecule is CCn1c(SC(C)C(=O)NCC2CCCCC2)nnc1-c1ccc(Cl)cc1. The number of amides is 1. The molecule has 27 heavy (non-hydrogen) atoms. The van der Waals surface area contributed by atoms with Crippen molar-refractivity contribution in [3.8, 4) is 11.4 Å². The highest BCUT2D eigenvalue weighted by atomic mass is 35.5. The first-order valence-corrected chi connectivity index (χ1v) is 11.0. The number of halogens is 1. The minimum absolute atomic E-state index is 0.0734. The molecule has 3 rings (SSSR count). The Morgan fingerprint density at radius 3 is 2.63 bits per heavy atom. The quantitative estimate of drug-likeness (QED) is 0.671. The van der Waals surface area contributed by atoms with E-state index in [4.69, 9.17) is 11.6 Å². The molecule has 1 aliphatic rings. The van der Waals surface area contributed by atoms with Gasteiger partial charge in [-0.05, 0) is 56.9 Å². The second-order valence-corrected chi connectivity index (χ2v) is 8.81. The predicted octanol–water partition coefficient (Wildman–Crippen LogP) is 4.80. The Morgan fingerprint density at radius 2 is 1.96 bits per heavy atom. The first-order valence-electron chi connectivity index (χ1n) is 9.72. The molecule has 1 aromatic heterocycles. The summed E-state index contributed by atoms with van der Waals surface area (Å²) >= 11 is 7.44. The van der Waals surface area contributed by atoms with Gasteiger partial charge in [-0.15, -0.1) is 10.2 Å². The number of nitrogens with one attached hydrogen (secondary N) is 1. The maximum atomic E-state index is 12.5. The molecule has 0 radical (unpaired) electrons. The Morgan fingerprint density at radius 1 is 1.26 bits per heavy atom. The van der Waals surface area contributed by atoms with Gasteiger partial charge >= 0.3 is 0 Å². The lowest BCUT2D eigenvalue weighted by atomic mass is 9.89. The van der Waals surface area contributed by atoms with Crippen LogP contribution in [0.15, 0.2) is 29.4 Å². The van der Waals surface area contributed by atoms with Gasteiger partial charge in [-0.25, -0.2) is 0 Å². The van der Waals surface area contributed by atoms with E-state index in [2.05, 4.69) is 22.4 Å². The standard InChI is InChI=1S/C20H27ClN4OS/c1-3-25-18(16-9-11-17(21)12-10-16)23-24-20(25)27-14(2)19(26)22-13-15-7-5-4-6-8-15/h9-12,14-15H,3-8,13H2,1-2H3,(H,22,26). The molecule has 1 heterocycles. The van der Waals surface area contributed by atoms with Gasteiger partial charge in [0, 0.05) is 23.7 Å². The predicted molar refractivity (Wildman–Crippen MR) is 111 cm³/mol. The van der Waals surface area contributed by atoms with Crippen LogP contribution in [0.4, 0.5) is 0 Å². The average Bonchev–Trinajstić information content (AvgIpc) is 3.09. The van der Waals surface area contributed by atoms with Gasteiger partial charge in [0.15, 0.2) is 11.0 Å². The maximum absolute atomic E-state index is 12.5. The van der Waals surface area contributed by atoms with Gasteiger partial charge in [-0.2, -0.15) is 0 Å². The lowest BCUT2D eigenvalue weighted by Gasteiger charge is -2.22. The smallest absolute Gasteiger partial charge is 0.233 e. The maximum Gasteiger partial charge on any atom is 0.233 e. The zero-order chi connectivity index (χ0) is 19.2. The van der Waals surface area contributed by atoms with Crippen LogP contribution in [0.1, 0.15) is 46.0 Å². The topological polar surface area (TPSA) is 59.8 Å². The summed E-state index contributed by atoms with van der Waals surface area (Å²) in [5.74, 6) is 1.51. The highest BCUT2D eigenvalue weighted by Crippen LogP contribution is 2.28. The molecule has 1 saturated carbocycles. The van der Waals surface area contributed by atoms with Gasteiger partial charge in [-0.3, -0.25) is 4.79 Å². The first kappa shape index (κ1) is 20.2. The van der Waals surface area contributed by atoms with Gasteiger partial charge in [0.2, 0.25) is 5.91 Å². The monoisotopic (exact) mass is 406 g/mol.